The van der Waals surface area contributed by atoms with Crippen LogP contribution in [0, 0.1) is 21.4 Å². The van der Waals surface area contributed by atoms with Gasteiger partial charge in [-0.3, -0.25) is 10.1 Å². The topological polar surface area (TPSA) is 88.2 Å². The van der Waals surface area contributed by atoms with Gasteiger partial charge in [-0.15, -0.1) is 0 Å². The molecule has 0 aliphatic carbocycles. The third-order valence-corrected chi connectivity index (χ3v) is 3.26. The van der Waals surface area contributed by atoms with E-state index in [1.807, 2.05) is 0 Å². The van der Waals surface area contributed by atoms with Crippen molar-refractivity contribution in [1.29, 1.82) is 5.26 Å². The quantitative estimate of drug-likeness (QED) is 0.644. The summed E-state index contributed by atoms with van der Waals surface area (Å²) in [4.78, 5) is 10.2. The Kier molecular flexibility index (Phi) is 5.31. The van der Waals surface area contributed by atoms with Gasteiger partial charge in [-0.25, -0.2) is 0 Å². The minimum absolute atomic E-state index is 0.0896. The largest absolute Gasteiger partial charge is 0.489 e. The molecule has 0 saturated carbocycles. The molecular formula is C13H16ClN3O3. The van der Waals surface area contributed by atoms with Crippen LogP contribution >= 0.6 is 11.6 Å². The van der Waals surface area contributed by atoms with E-state index >= 15 is 0 Å². The Morgan fingerprint density at radius 3 is 2.80 bits per heavy atom. The number of non-ortho nitro benzene ring substituents is 1. The molecule has 6 nitrogen and oxygen atoms in total. The molecule has 0 aliphatic rings. The van der Waals surface area contributed by atoms with Gasteiger partial charge in [-0.05, 0) is 27.0 Å². The smallest absolute Gasteiger partial charge is 0.273 e. The fraction of sp³-hybridized carbons (Fsp3) is 0.462. The Hall–Kier alpha value is -1.84. The number of halogens is 1. The molecule has 0 spiro atoms. The van der Waals surface area contributed by atoms with E-state index in [-0.39, 0.29) is 17.5 Å². The number of benzene rings is 1. The average Bonchev–Trinajstić information content (AvgIpc) is 2.40. The predicted octanol–water partition coefficient (Wildman–Crippen LogP) is 2.91. The first-order chi connectivity index (χ1) is 9.31. The molecule has 0 amide bonds. The van der Waals surface area contributed by atoms with E-state index in [1.54, 1.807) is 20.9 Å². The minimum atomic E-state index is -0.730. The van der Waals surface area contributed by atoms with Gasteiger partial charge in [0, 0.05) is 12.5 Å². The maximum atomic E-state index is 10.7. The Bertz CT molecular complexity index is 544. The SMILES string of the molecule is CNC(C)(C#N)CC(C)Oc1cc([N+](=O)[O-])ccc1Cl. The first-order valence-corrected chi connectivity index (χ1v) is 6.40. The van der Waals surface area contributed by atoms with Crippen molar-refractivity contribution >= 4 is 17.3 Å². The first kappa shape index (κ1) is 16.2. The number of nitriles is 1. The molecule has 20 heavy (non-hydrogen) atoms. The van der Waals surface area contributed by atoms with Crippen molar-refractivity contribution in [3.05, 3.63) is 33.3 Å². The van der Waals surface area contributed by atoms with Crippen LogP contribution in [-0.2, 0) is 0 Å². The zero-order valence-electron chi connectivity index (χ0n) is 11.5. The van der Waals surface area contributed by atoms with Crippen LogP contribution in [0.15, 0.2) is 18.2 Å². The molecule has 2 unspecified atom stereocenters. The van der Waals surface area contributed by atoms with Gasteiger partial charge in [-0.1, -0.05) is 11.6 Å². The summed E-state index contributed by atoms with van der Waals surface area (Å²) < 4.78 is 5.61. The highest BCUT2D eigenvalue weighted by atomic mass is 35.5. The molecule has 0 radical (unpaired) electrons. The highest BCUT2D eigenvalue weighted by Gasteiger charge is 2.25. The monoisotopic (exact) mass is 297 g/mol. The molecule has 1 aromatic carbocycles. The second kappa shape index (κ2) is 6.55. The van der Waals surface area contributed by atoms with Crippen molar-refractivity contribution in [3.63, 3.8) is 0 Å². The van der Waals surface area contributed by atoms with Crippen molar-refractivity contribution in [2.24, 2.45) is 0 Å². The fourth-order valence-electron chi connectivity index (χ4n) is 1.73. The molecule has 1 N–H and O–H groups in total. The number of hydrogen-bond donors (Lipinski definition) is 1. The van der Waals surface area contributed by atoms with Gasteiger partial charge < -0.3 is 10.1 Å². The highest BCUT2D eigenvalue weighted by molar-refractivity contribution is 6.32. The molecule has 0 aliphatic heterocycles. The summed E-state index contributed by atoms with van der Waals surface area (Å²) in [7, 11) is 1.69. The molecule has 0 bridgehead atoms. The average molecular weight is 298 g/mol. The Labute approximate surface area is 122 Å². The van der Waals surface area contributed by atoms with Gasteiger partial charge in [-0.2, -0.15) is 5.26 Å². The molecule has 0 saturated heterocycles. The van der Waals surface area contributed by atoms with Crippen molar-refractivity contribution in [1.82, 2.24) is 5.32 Å². The lowest BCUT2D eigenvalue weighted by molar-refractivity contribution is -0.384. The number of hydrogen-bond acceptors (Lipinski definition) is 5. The summed E-state index contributed by atoms with van der Waals surface area (Å²) in [6.07, 6.45) is 0.0885. The van der Waals surface area contributed by atoms with Crippen molar-refractivity contribution in [3.8, 4) is 11.8 Å². The van der Waals surface area contributed by atoms with E-state index in [2.05, 4.69) is 11.4 Å². The fourth-order valence-corrected chi connectivity index (χ4v) is 1.89. The number of ether oxygens (including phenoxy) is 1. The minimum Gasteiger partial charge on any atom is -0.489 e. The van der Waals surface area contributed by atoms with Crippen molar-refractivity contribution < 1.29 is 9.66 Å². The third-order valence-electron chi connectivity index (χ3n) is 2.95. The molecule has 1 rings (SSSR count). The van der Waals surface area contributed by atoms with E-state index < -0.39 is 10.5 Å². The molecule has 108 valence electrons. The summed E-state index contributed by atoms with van der Waals surface area (Å²) in [6.45, 7) is 3.53. The molecule has 0 aromatic heterocycles. The van der Waals surface area contributed by atoms with Gasteiger partial charge >= 0.3 is 0 Å². The molecular weight excluding hydrogens is 282 g/mol. The summed E-state index contributed by atoms with van der Waals surface area (Å²) in [5.41, 5.74) is -0.819. The van der Waals surface area contributed by atoms with Crippen LogP contribution in [-0.4, -0.2) is 23.6 Å². The number of rotatable bonds is 6. The maximum absolute atomic E-state index is 10.7. The summed E-state index contributed by atoms with van der Waals surface area (Å²) >= 11 is 5.96. The first-order valence-electron chi connectivity index (χ1n) is 6.02. The number of nitro benzene ring substituents is 1. The van der Waals surface area contributed by atoms with E-state index in [0.717, 1.165) is 0 Å². The van der Waals surface area contributed by atoms with Gasteiger partial charge in [0.05, 0.1) is 28.2 Å². The van der Waals surface area contributed by atoms with Crippen LogP contribution in [0.4, 0.5) is 5.69 Å². The van der Waals surface area contributed by atoms with Crippen LogP contribution in [0.2, 0.25) is 5.02 Å². The van der Waals surface area contributed by atoms with Gasteiger partial charge in [0.1, 0.15) is 11.3 Å². The highest BCUT2D eigenvalue weighted by Crippen LogP contribution is 2.30. The number of nitrogens with one attached hydrogen (secondary N) is 1. The molecule has 0 fully saturated rings. The van der Waals surface area contributed by atoms with Crippen molar-refractivity contribution in [2.45, 2.75) is 31.9 Å². The third kappa shape index (κ3) is 4.08. The second-order valence-corrected chi connectivity index (χ2v) is 5.11. The number of nitro groups is 1. The Morgan fingerprint density at radius 2 is 2.30 bits per heavy atom. The number of nitrogens with zero attached hydrogens (tertiary/aromatic N) is 2. The van der Waals surface area contributed by atoms with E-state index in [0.29, 0.717) is 11.4 Å². The van der Waals surface area contributed by atoms with Crippen LogP contribution in [0.1, 0.15) is 20.3 Å². The molecule has 2 atom stereocenters. The van der Waals surface area contributed by atoms with Crippen LogP contribution in [0.25, 0.3) is 0 Å². The summed E-state index contributed by atoms with van der Waals surface area (Å²) in [6, 6.07) is 6.17. The maximum Gasteiger partial charge on any atom is 0.273 e. The zero-order chi connectivity index (χ0) is 15.3. The standard InChI is InChI=1S/C13H16ClN3O3/c1-9(7-13(2,8-15)16-3)20-12-6-10(17(18)19)4-5-11(12)14/h4-6,9,16H,7H2,1-3H3. The van der Waals surface area contributed by atoms with Gasteiger partial charge in [0.15, 0.2) is 0 Å². The predicted molar refractivity (Wildman–Crippen MR) is 75.9 cm³/mol. The molecule has 1 aromatic rings. The Morgan fingerprint density at radius 1 is 1.65 bits per heavy atom. The lowest BCUT2D eigenvalue weighted by atomic mass is 9.97. The Balaban J connectivity index is 2.85. The van der Waals surface area contributed by atoms with E-state index in [9.17, 15) is 10.1 Å². The van der Waals surface area contributed by atoms with Crippen molar-refractivity contribution in [2.75, 3.05) is 7.05 Å². The van der Waals surface area contributed by atoms with E-state index in [1.165, 1.54) is 18.2 Å². The lowest BCUT2D eigenvalue weighted by Gasteiger charge is -2.25. The van der Waals surface area contributed by atoms with E-state index in [4.69, 9.17) is 21.6 Å². The zero-order valence-corrected chi connectivity index (χ0v) is 12.3. The second-order valence-electron chi connectivity index (χ2n) is 4.70. The summed E-state index contributed by atoms with van der Waals surface area (Å²) in [5.74, 6) is 0.241. The van der Waals surface area contributed by atoms with Gasteiger partial charge in [0.2, 0.25) is 0 Å². The van der Waals surface area contributed by atoms with Crippen LogP contribution in [0.5, 0.6) is 5.75 Å². The molecule has 0 heterocycles. The van der Waals surface area contributed by atoms with Crippen LogP contribution in [0.3, 0.4) is 0 Å². The molecule has 7 heteroatoms. The normalized spacial score (nSPS) is 14.9. The lowest BCUT2D eigenvalue weighted by Crippen LogP contribution is -2.41. The summed E-state index contributed by atoms with van der Waals surface area (Å²) in [5, 5.41) is 23.0. The van der Waals surface area contributed by atoms with Crippen LogP contribution < -0.4 is 10.1 Å². The van der Waals surface area contributed by atoms with Gasteiger partial charge in [0.25, 0.3) is 5.69 Å².